The Morgan fingerprint density at radius 1 is 1.00 bits per heavy atom. The molecule has 228 valence electrons. The smallest absolute Gasteiger partial charge is 0.416 e. The van der Waals surface area contributed by atoms with E-state index in [0.29, 0.717) is 41.8 Å². The first kappa shape index (κ1) is 31.0. The Bertz CT molecular complexity index is 1270. The van der Waals surface area contributed by atoms with Gasteiger partial charge in [0, 0.05) is 57.0 Å². The standard InChI is InChI=1S/C31H36Cl2F3N3O3/c1-20(42-24-8-6-22(7-9-24)31(34,35)36)25-17-38(18-26(25)21-5-10-27(32)28(33)16-21)30(41)19-37-14-11-23(12-15-37)39-13-3-2-4-29(39)40/h5-10,16,20,23,25-26H,2-4,11-15,17-19H2,1H3. The molecule has 5 rings (SSSR count). The molecule has 0 saturated carbocycles. The fourth-order valence-electron chi connectivity index (χ4n) is 6.52. The number of likely N-dealkylation sites (tertiary alicyclic amines) is 3. The van der Waals surface area contributed by atoms with Crippen LogP contribution in [-0.4, -0.2) is 77.9 Å². The molecule has 0 spiro atoms. The van der Waals surface area contributed by atoms with Gasteiger partial charge in [-0.25, -0.2) is 0 Å². The van der Waals surface area contributed by atoms with Gasteiger partial charge in [-0.05, 0) is 74.6 Å². The average Bonchev–Trinajstić information content (AvgIpc) is 3.41. The van der Waals surface area contributed by atoms with E-state index >= 15 is 0 Å². The van der Waals surface area contributed by atoms with Crippen LogP contribution in [0.2, 0.25) is 10.0 Å². The molecule has 3 fully saturated rings. The van der Waals surface area contributed by atoms with Gasteiger partial charge in [0.25, 0.3) is 0 Å². The Morgan fingerprint density at radius 3 is 2.36 bits per heavy atom. The molecule has 3 aliphatic rings. The maximum atomic E-state index is 13.5. The zero-order valence-corrected chi connectivity index (χ0v) is 25.1. The van der Waals surface area contributed by atoms with Gasteiger partial charge in [0.15, 0.2) is 0 Å². The van der Waals surface area contributed by atoms with E-state index in [2.05, 4.69) is 4.90 Å². The fourth-order valence-corrected chi connectivity index (χ4v) is 6.83. The number of piperidine rings is 2. The molecule has 0 aromatic heterocycles. The highest BCUT2D eigenvalue weighted by atomic mass is 35.5. The molecular formula is C31H36Cl2F3N3O3. The molecule has 0 N–H and O–H groups in total. The van der Waals surface area contributed by atoms with Crippen LogP contribution < -0.4 is 4.74 Å². The lowest BCUT2D eigenvalue weighted by atomic mass is 9.85. The van der Waals surface area contributed by atoms with Crippen LogP contribution >= 0.6 is 23.2 Å². The van der Waals surface area contributed by atoms with E-state index in [9.17, 15) is 22.8 Å². The summed E-state index contributed by atoms with van der Waals surface area (Å²) in [6.07, 6.45) is -0.419. The van der Waals surface area contributed by atoms with Crippen LogP contribution in [0, 0.1) is 5.92 Å². The number of carbonyl (C=O) groups excluding carboxylic acids is 2. The molecule has 3 heterocycles. The van der Waals surface area contributed by atoms with Crippen molar-refractivity contribution in [1.29, 1.82) is 0 Å². The van der Waals surface area contributed by atoms with Crippen molar-refractivity contribution in [2.45, 2.75) is 63.3 Å². The van der Waals surface area contributed by atoms with Gasteiger partial charge >= 0.3 is 6.18 Å². The molecule has 3 saturated heterocycles. The van der Waals surface area contributed by atoms with Crippen molar-refractivity contribution in [1.82, 2.24) is 14.7 Å². The van der Waals surface area contributed by atoms with Gasteiger partial charge in [-0.3, -0.25) is 14.5 Å². The van der Waals surface area contributed by atoms with E-state index in [1.54, 1.807) is 6.07 Å². The fraction of sp³-hybridized carbons (Fsp3) is 0.548. The first-order chi connectivity index (χ1) is 20.0. The highest BCUT2D eigenvalue weighted by molar-refractivity contribution is 6.42. The van der Waals surface area contributed by atoms with E-state index in [4.69, 9.17) is 27.9 Å². The van der Waals surface area contributed by atoms with E-state index in [0.717, 1.165) is 63.0 Å². The number of halogens is 5. The van der Waals surface area contributed by atoms with Crippen LogP contribution in [-0.2, 0) is 15.8 Å². The molecule has 0 radical (unpaired) electrons. The summed E-state index contributed by atoms with van der Waals surface area (Å²) in [4.78, 5) is 31.9. The first-order valence-corrected chi connectivity index (χ1v) is 15.3. The second-order valence-electron chi connectivity index (χ2n) is 11.6. The first-order valence-electron chi connectivity index (χ1n) is 14.6. The monoisotopic (exact) mass is 625 g/mol. The largest absolute Gasteiger partial charge is 0.490 e. The lowest BCUT2D eigenvalue weighted by molar-refractivity contribution is -0.138. The van der Waals surface area contributed by atoms with Crippen LogP contribution in [0.15, 0.2) is 42.5 Å². The molecule has 3 aliphatic heterocycles. The summed E-state index contributed by atoms with van der Waals surface area (Å²) in [5.41, 5.74) is 0.194. The number of ether oxygens (including phenoxy) is 1. The predicted octanol–water partition coefficient (Wildman–Crippen LogP) is 6.50. The predicted molar refractivity (Wildman–Crippen MR) is 156 cm³/mol. The molecule has 6 nitrogen and oxygen atoms in total. The van der Waals surface area contributed by atoms with Gasteiger partial charge in [-0.2, -0.15) is 13.2 Å². The lowest BCUT2D eigenvalue weighted by Gasteiger charge is -2.40. The van der Waals surface area contributed by atoms with E-state index in [1.165, 1.54) is 12.1 Å². The number of hydrogen-bond donors (Lipinski definition) is 0. The van der Waals surface area contributed by atoms with Gasteiger partial charge in [-0.15, -0.1) is 0 Å². The van der Waals surface area contributed by atoms with Gasteiger partial charge in [0.1, 0.15) is 11.9 Å². The number of hydrogen-bond acceptors (Lipinski definition) is 4. The molecular weight excluding hydrogens is 590 g/mol. The Hall–Kier alpha value is -2.49. The third kappa shape index (κ3) is 7.17. The lowest BCUT2D eigenvalue weighted by Crippen LogP contribution is -2.50. The molecule has 11 heteroatoms. The van der Waals surface area contributed by atoms with Gasteiger partial charge < -0.3 is 14.5 Å². The summed E-state index contributed by atoms with van der Waals surface area (Å²) in [5.74, 6) is 0.397. The molecule has 42 heavy (non-hydrogen) atoms. The maximum Gasteiger partial charge on any atom is 0.416 e. The van der Waals surface area contributed by atoms with Crippen LogP contribution in [0.4, 0.5) is 13.2 Å². The van der Waals surface area contributed by atoms with Crippen LogP contribution in [0.3, 0.4) is 0 Å². The van der Waals surface area contributed by atoms with Crippen molar-refractivity contribution in [3.8, 4) is 5.75 Å². The third-order valence-corrected chi connectivity index (χ3v) is 9.65. The summed E-state index contributed by atoms with van der Waals surface area (Å²) >= 11 is 12.5. The van der Waals surface area contributed by atoms with Gasteiger partial charge in [-0.1, -0.05) is 29.3 Å². The highest BCUT2D eigenvalue weighted by Gasteiger charge is 2.41. The molecule has 2 aromatic carbocycles. The molecule has 2 amide bonds. The summed E-state index contributed by atoms with van der Waals surface area (Å²) in [5, 5.41) is 0.857. The average molecular weight is 627 g/mol. The van der Waals surface area contributed by atoms with Gasteiger partial charge in [0.05, 0.1) is 22.2 Å². The van der Waals surface area contributed by atoms with Crippen molar-refractivity contribution < 1.29 is 27.5 Å². The van der Waals surface area contributed by atoms with Crippen molar-refractivity contribution >= 4 is 35.0 Å². The van der Waals surface area contributed by atoms with Crippen LogP contribution in [0.1, 0.15) is 56.1 Å². The van der Waals surface area contributed by atoms with E-state index in [1.807, 2.05) is 28.9 Å². The van der Waals surface area contributed by atoms with Crippen molar-refractivity contribution in [2.75, 3.05) is 39.3 Å². The number of alkyl halides is 3. The van der Waals surface area contributed by atoms with Crippen LogP contribution in [0.25, 0.3) is 0 Å². The van der Waals surface area contributed by atoms with E-state index in [-0.39, 0.29) is 29.7 Å². The topological polar surface area (TPSA) is 53.1 Å². The zero-order valence-electron chi connectivity index (χ0n) is 23.6. The zero-order chi connectivity index (χ0) is 30.0. The summed E-state index contributed by atoms with van der Waals surface area (Å²) in [6.45, 7) is 5.47. The summed E-state index contributed by atoms with van der Waals surface area (Å²) in [6, 6.07) is 10.4. The number of carbonyl (C=O) groups is 2. The molecule has 3 unspecified atom stereocenters. The Balaban J connectivity index is 1.24. The Kier molecular flexibility index (Phi) is 9.59. The highest BCUT2D eigenvalue weighted by Crippen LogP contribution is 2.39. The number of nitrogens with zero attached hydrogens (tertiary/aromatic N) is 3. The molecule has 0 bridgehead atoms. The number of amides is 2. The van der Waals surface area contributed by atoms with Crippen molar-refractivity contribution in [2.24, 2.45) is 5.92 Å². The summed E-state index contributed by atoms with van der Waals surface area (Å²) < 4.78 is 45.2. The summed E-state index contributed by atoms with van der Waals surface area (Å²) in [7, 11) is 0. The minimum Gasteiger partial charge on any atom is -0.490 e. The second-order valence-corrected chi connectivity index (χ2v) is 12.5. The van der Waals surface area contributed by atoms with Crippen molar-refractivity contribution in [3.63, 3.8) is 0 Å². The minimum atomic E-state index is -4.42. The number of rotatable bonds is 7. The minimum absolute atomic E-state index is 0.0248. The molecule has 0 aliphatic carbocycles. The number of benzene rings is 2. The second kappa shape index (κ2) is 13.0. The van der Waals surface area contributed by atoms with Crippen molar-refractivity contribution in [3.05, 3.63) is 63.6 Å². The maximum absolute atomic E-state index is 13.5. The SMILES string of the molecule is CC(Oc1ccc(C(F)(F)F)cc1)C1CN(C(=O)CN2CCC(N3CCCCC3=O)CC2)CC1c1ccc(Cl)c(Cl)c1. The quantitative estimate of drug-likeness (QED) is 0.353. The van der Waals surface area contributed by atoms with E-state index < -0.39 is 17.8 Å². The third-order valence-electron chi connectivity index (χ3n) is 8.91. The Labute approximate surface area is 254 Å². The van der Waals surface area contributed by atoms with Crippen LogP contribution in [0.5, 0.6) is 5.75 Å². The van der Waals surface area contributed by atoms with Gasteiger partial charge in [0.2, 0.25) is 11.8 Å². The Morgan fingerprint density at radius 2 is 1.71 bits per heavy atom. The normalized spacial score (nSPS) is 23.3. The molecule has 2 aromatic rings. The molecule has 3 atom stereocenters.